The molecule has 1 heterocycles. The number of benzene rings is 1. The molecule has 0 aliphatic carbocycles. The third-order valence-corrected chi connectivity index (χ3v) is 3.15. The lowest BCUT2D eigenvalue weighted by Gasteiger charge is -2.16. The van der Waals surface area contributed by atoms with E-state index in [1.54, 1.807) is 0 Å². The highest BCUT2D eigenvalue weighted by molar-refractivity contribution is 8.14. The summed E-state index contributed by atoms with van der Waals surface area (Å²) >= 11 is 1.39. The summed E-state index contributed by atoms with van der Waals surface area (Å²) in [7, 11) is 0. The second-order valence-corrected chi connectivity index (χ2v) is 5.05. The molecule has 1 aliphatic heterocycles. The average molecular weight is 269 g/mol. The van der Waals surface area contributed by atoms with Gasteiger partial charge in [-0.05, 0) is 26.0 Å². The van der Waals surface area contributed by atoms with E-state index in [2.05, 4.69) is 15.5 Å². The van der Waals surface area contributed by atoms with Crippen LogP contribution >= 0.6 is 11.8 Å². The molecule has 0 bridgehead atoms. The monoisotopic (exact) mass is 269 g/mol. The molecule has 0 spiro atoms. The van der Waals surface area contributed by atoms with Crippen molar-refractivity contribution >= 4 is 22.6 Å². The number of hydrogen-bond donors (Lipinski definition) is 1. The molecule has 0 unspecified atom stereocenters. The third kappa shape index (κ3) is 2.87. The van der Waals surface area contributed by atoms with E-state index < -0.39 is 11.6 Å². The highest BCUT2D eigenvalue weighted by Gasteiger charge is 2.19. The molecule has 1 N–H and O–H groups in total. The average Bonchev–Trinajstić information content (AvgIpc) is 2.30. The van der Waals surface area contributed by atoms with Crippen molar-refractivity contribution in [2.45, 2.75) is 19.9 Å². The highest BCUT2D eigenvalue weighted by atomic mass is 32.2. The van der Waals surface area contributed by atoms with E-state index >= 15 is 0 Å². The number of rotatable bonds is 2. The molecule has 0 radical (unpaired) electrons. The Morgan fingerprint density at radius 2 is 2.00 bits per heavy atom. The summed E-state index contributed by atoms with van der Waals surface area (Å²) < 4.78 is 27.1. The van der Waals surface area contributed by atoms with Crippen LogP contribution in [0.1, 0.15) is 19.4 Å². The van der Waals surface area contributed by atoms with Gasteiger partial charge in [0.2, 0.25) is 0 Å². The molecule has 96 valence electrons. The Labute approximate surface area is 108 Å². The maximum atomic E-state index is 13.6. The largest absolute Gasteiger partial charge is 0.258 e. The van der Waals surface area contributed by atoms with Gasteiger partial charge in [0.1, 0.15) is 11.6 Å². The summed E-state index contributed by atoms with van der Waals surface area (Å²) in [5.41, 5.74) is 3.01. The van der Waals surface area contributed by atoms with E-state index in [1.165, 1.54) is 30.0 Å². The molecular weight excluding hydrogens is 256 g/mol. The zero-order valence-electron chi connectivity index (χ0n) is 10.1. The molecule has 1 aromatic carbocycles. The van der Waals surface area contributed by atoms with E-state index in [9.17, 15) is 8.78 Å². The fourth-order valence-corrected chi connectivity index (χ4v) is 2.40. The number of nitrogens with one attached hydrogen (secondary N) is 1. The zero-order valence-corrected chi connectivity index (χ0v) is 10.9. The van der Waals surface area contributed by atoms with Crippen molar-refractivity contribution in [2.75, 3.05) is 5.75 Å². The van der Waals surface area contributed by atoms with Crippen molar-refractivity contribution in [1.29, 1.82) is 0 Å². The SMILES string of the molecule is CC(C)N=C1NN=C(c2c(F)cccc2F)CS1. The minimum Gasteiger partial charge on any atom is -0.258 e. The summed E-state index contributed by atoms with van der Waals surface area (Å²) in [6.07, 6.45) is 0. The first kappa shape index (κ1) is 13.0. The van der Waals surface area contributed by atoms with Crippen LogP contribution in [0.15, 0.2) is 28.3 Å². The van der Waals surface area contributed by atoms with Gasteiger partial charge in [-0.15, -0.1) is 0 Å². The fourth-order valence-electron chi connectivity index (χ4n) is 1.52. The summed E-state index contributed by atoms with van der Waals surface area (Å²) in [6.45, 7) is 3.90. The van der Waals surface area contributed by atoms with Crippen molar-refractivity contribution in [1.82, 2.24) is 5.43 Å². The van der Waals surface area contributed by atoms with Crippen molar-refractivity contribution < 1.29 is 8.78 Å². The first-order chi connectivity index (χ1) is 8.58. The third-order valence-electron chi connectivity index (χ3n) is 2.26. The van der Waals surface area contributed by atoms with Crippen LogP contribution < -0.4 is 5.43 Å². The Balaban J connectivity index is 2.25. The first-order valence-corrected chi connectivity index (χ1v) is 6.54. The van der Waals surface area contributed by atoms with Gasteiger partial charge >= 0.3 is 0 Å². The minimum atomic E-state index is -0.597. The Hall–Kier alpha value is -1.43. The van der Waals surface area contributed by atoms with E-state index in [4.69, 9.17) is 0 Å². The Bertz CT molecular complexity index is 492. The lowest BCUT2D eigenvalue weighted by atomic mass is 10.1. The molecule has 0 fully saturated rings. The maximum absolute atomic E-state index is 13.6. The fraction of sp³-hybridized carbons (Fsp3) is 0.333. The number of amidine groups is 1. The van der Waals surface area contributed by atoms with E-state index in [0.29, 0.717) is 16.6 Å². The number of hydrogen-bond acceptors (Lipinski definition) is 3. The van der Waals surface area contributed by atoms with Gasteiger partial charge in [0.15, 0.2) is 5.17 Å². The van der Waals surface area contributed by atoms with Gasteiger partial charge in [-0.2, -0.15) is 5.10 Å². The van der Waals surface area contributed by atoms with Gasteiger partial charge < -0.3 is 0 Å². The molecule has 6 heteroatoms. The number of nitrogens with zero attached hydrogens (tertiary/aromatic N) is 2. The first-order valence-electron chi connectivity index (χ1n) is 5.55. The molecule has 3 nitrogen and oxygen atoms in total. The quantitative estimate of drug-likeness (QED) is 0.896. The van der Waals surface area contributed by atoms with E-state index in [0.717, 1.165) is 0 Å². The van der Waals surface area contributed by atoms with Gasteiger partial charge in [-0.1, -0.05) is 17.8 Å². The highest BCUT2D eigenvalue weighted by Crippen LogP contribution is 2.19. The van der Waals surface area contributed by atoms with Crippen LogP contribution in [0.3, 0.4) is 0 Å². The molecule has 0 atom stereocenters. The second kappa shape index (κ2) is 5.48. The molecular formula is C12H13F2N3S. The van der Waals surface area contributed by atoms with Gasteiger partial charge in [-0.25, -0.2) is 8.78 Å². The molecule has 18 heavy (non-hydrogen) atoms. The van der Waals surface area contributed by atoms with Crippen LogP contribution in [-0.2, 0) is 0 Å². The molecule has 1 aromatic rings. The topological polar surface area (TPSA) is 36.8 Å². The Kier molecular flexibility index (Phi) is 3.96. The molecule has 0 saturated heterocycles. The lowest BCUT2D eigenvalue weighted by molar-refractivity contribution is 0.578. The number of hydrazone groups is 1. The summed E-state index contributed by atoms with van der Waals surface area (Å²) in [5, 5.41) is 4.66. The minimum absolute atomic E-state index is 0.0684. The number of aliphatic imine (C=N–C) groups is 1. The van der Waals surface area contributed by atoms with Gasteiger partial charge in [0.05, 0.1) is 11.3 Å². The Morgan fingerprint density at radius 3 is 2.50 bits per heavy atom. The molecule has 0 aromatic heterocycles. The molecule has 0 amide bonds. The van der Waals surface area contributed by atoms with Crippen molar-refractivity contribution in [3.63, 3.8) is 0 Å². The molecule has 2 rings (SSSR count). The van der Waals surface area contributed by atoms with Gasteiger partial charge in [0.25, 0.3) is 0 Å². The smallest absolute Gasteiger partial charge is 0.177 e. The van der Waals surface area contributed by atoms with Crippen LogP contribution in [0, 0.1) is 11.6 Å². The predicted octanol–water partition coefficient (Wildman–Crippen LogP) is 2.77. The summed E-state index contributed by atoms with van der Waals surface area (Å²) in [5.74, 6) is -0.794. The molecule has 0 saturated carbocycles. The van der Waals surface area contributed by atoms with Crippen LogP contribution in [0.2, 0.25) is 0 Å². The lowest BCUT2D eigenvalue weighted by Crippen LogP contribution is -2.27. The van der Waals surface area contributed by atoms with Crippen LogP contribution in [0.25, 0.3) is 0 Å². The predicted molar refractivity (Wildman–Crippen MR) is 71.1 cm³/mol. The van der Waals surface area contributed by atoms with E-state index in [-0.39, 0.29) is 11.6 Å². The summed E-state index contributed by atoms with van der Waals surface area (Å²) in [4.78, 5) is 4.28. The Morgan fingerprint density at radius 1 is 1.33 bits per heavy atom. The van der Waals surface area contributed by atoms with Crippen molar-refractivity contribution in [3.05, 3.63) is 35.4 Å². The number of thioether (sulfide) groups is 1. The van der Waals surface area contributed by atoms with Crippen LogP contribution in [0.5, 0.6) is 0 Å². The van der Waals surface area contributed by atoms with Crippen LogP contribution in [0.4, 0.5) is 8.78 Å². The number of halogens is 2. The van der Waals surface area contributed by atoms with E-state index in [1.807, 2.05) is 13.8 Å². The van der Waals surface area contributed by atoms with Crippen molar-refractivity contribution in [2.24, 2.45) is 10.1 Å². The normalized spacial score (nSPS) is 17.8. The van der Waals surface area contributed by atoms with Crippen LogP contribution in [-0.4, -0.2) is 22.7 Å². The second-order valence-electron chi connectivity index (χ2n) is 4.08. The maximum Gasteiger partial charge on any atom is 0.177 e. The van der Waals surface area contributed by atoms with Crippen molar-refractivity contribution in [3.8, 4) is 0 Å². The van der Waals surface area contributed by atoms with Gasteiger partial charge in [-0.3, -0.25) is 10.4 Å². The van der Waals surface area contributed by atoms with Gasteiger partial charge in [0, 0.05) is 11.8 Å². The molecule has 1 aliphatic rings. The summed E-state index contributed by atoms with van der Waals surface area (Å²) in [6, 6.07) is 3.94. The zero-order chi connectivity index (χ0) is 13.1. The standard InChI is InChI=1S/C12H13F2N3S/c1-7(2)15-12-17-16-10(6-18-12)11-8(13)4-3-5-9(11)14/h3-5,7H,6H2,1-2H3,(H,15,17).